The van der Waals surface area contributed by atoms with E-state index in [0.717, 1.165) is 28.4 Å². The van der Waals surface area contributed by atoms with Crippen molar-refractivity contribution in [1.82, 2.24) is 9.38 Å². The van der Waals surface area contributed by atoms with Crippen molar-refractivity contribution in [1.29, 1.82) is 5.26 Å². The van der Waals surface area contributed by atoms with Gasteiger partial charge in [0, 0.05) is 11.8 Å². The van der Waals surface area contributed by atoms with Crippen LogP contribution in [-0.2, 0) is 0 Å². The van der Waals surface area contributed by atoms with Gasteiger partial charge in [0.25, 0.3) is 0 Å². The van der Waals surface area contributed by atoms with E-state index in [0.29, 0.717) is 5.56 Å². The summed E-state index contributed by atoms with van der Waals surface area (Å²) in [5, 5.41) is 8.85. The Labute approximate surface area is 126 Å². The molecular weight excluding hydrogens is 274 g/mol. The molecule has 0 radical (unpaired) electrons. The van der Waals surface area contributed by atoms with Gasteiger partial charge in [-0.2, -0.15) is 5.26 Å². The molecule has 3 heterocycles. The molecule has 0 spiro atoms. The van der Waals surface area contributed by atoms with E-state index in [4.69, 9.17) is 9.68 Å². The number of pyridine rings is 1. The number of benzene rings is 1. The third-order valence-electron chi connectivity index (χ3n) is 3.57. The van der Waals surface area contributed by atoms with Gasteiger partial charge < -0.3 is 4.42 Å². The minimum Gasteiger partial charge on any atom is -0.454 e. The lowest BCUT2D eigenvalue weighted by atomic mass is 10.1. The number of imidazole rings is 1. The standard InChI is InChI=1S/C18H11N3O/c19-11-13-4-6-14(7-5-13)16-8-9-17(22-16)15-12-20-18-3-1-2-10-21(15)18/h1-10,12H. The minimum atomic E-state index is 0.636. The summed E-state index contributed by atoms with van der Waals surface area (Å²) >= 11 is 0. The fraction of sp³-hybridized carbons (Fsp3) is 0. The van der Waals surface area contributed by atoms with Crippen LogP contribution in [0.15, 0.2) is 71.4 Å². The van der Waals surface area contributed by atoms with Gasteiger partial charge in [-0.3, -0.25) is 4.40 Å². The van der Waals surface area contributed by atoms with Crippen LogP contribution in [-0.4, -0.2) is 9.38 Å². The molecule has 0 aliphatic heterocycles. The molecule has 4 aromatic rings. The maximum atomic E-state index is 8.85. The van der Waals surface area contributed by atoms with Crippen molar-refractivity contribution < 1.29 is 4.42 Å². The van der Waals surface area contributed by atoms with Crippen LogP contribution in [0.3, 0.4) is 0 Å². The van der Waals surface area contributed by atoms with Crippen LogP contribution < -0.4 is 0 Å². The minimum absolute atomic E-state index is 0.636. The molecule has 0 saturated carbocycles. The first-order chi connectivity index (χ1) is 10.8. The van der Waals surface area contributed by atoms with E-state index in [1.807, 2.05) is 53.1 Å². The molecule has 22 heavy (non-hydrogen) atoms. The fourth-order valence-corrected chi connectivity index (χ4v) is 2.45. The van der Waals surface area contributed by atoms with Crippen molar-refractivity contribution >= 4 is 5.65 Å². The average molecular weight is 285 g/mol. The normalized spacial score (nSPS) is 10.7. The molecule has 0 saturated heterocycles. The average Bonchev–Trinajstić information content (AvgIpc) is 3.21. The van der Waals surface area contributed by atoms with Gasteiger partial charge in [0.2, 0.25) is 0 Å². The van der Waals surface area contributed by atoms with E-state index >= 15 is 0 Å². The van der Waals surface area contributed by atoms with Crippen LogP contribution in [0.5, 0.6) is 0 Å². The molecule has 3 aromatic heterocycles. The molecule has 0 aliphatic rings. The smallest absolute Gasteiger partial charge is 0.153 e. The zero-order valence-electron chi connectivity index (χ0n) is 11.6. The first kappa shape index (κ1) is 12.4. The lowest BCUT2D eigenvalue weighted by molar-refractivity contribution is 0.594. The van der Waals surface area contributed by atoms with Gasteiger partial charge in [-0.25, -0.2) is 4.98 Å². The maximum Gasteiger partial charge on any atom is 0.153 e. The number of fused-ring (bicyclic) bond motifs is 1. The molecule has 4 nitrogen and oxygen atoms in total. The third-order valence-corrected chi connectivity index (χ3v) is 3.57. The van der Waals surface area contributed by atoms with Gasteiger partial charge in [0.1, 0.15) is 17.1 Å². The summed E-state index contributed by atoms with van der Waals surface area (Å²) in [4.78, 5) is 4.37. The molecule has 1 aromatic carbocycles. The molecule has 0 atom stereocenters. The van der Waals surface area contributed by atoms with E-state index in [2.05, 4.69) is 11.1 Å². The Balaban J connectivity index is 1.76. The van der Waals surface area contributed by atoms with Gasteiger partial charge in [-0.1, -0.05) is 6.07 Å². The van der Waals surface area contributed by atoms with Crippen molar-refractivity contribution in [2.75, 3.05) is 0 Å². The Kier molecular flexibility index (Phi) is 2.77. The van der Waals surface area contributed by atoms with Gasteiger partial charge >= 0.3 is 0 Å². The molecule has 104 valence electrons. The number of furan rings is 1. The quantitative estimate of drug-likeness (QED) is 0.556. The predicted molar refractivity (Wildman–Crippen MR) is 83.0 cm³/mol. The highest BCUT2D eigenvalue weighted by Gasteiger charge is 2.11. The Hall–Kier alpha value is -3.32. The van der Waals surface area contributed by atoms with E-state index < -0.39 is 0 Å². The summed E-state index contributed by atoms with van der Waals surface area (Å²) in [6.45, 7) is 0. The summed E-state index contributed by atoms with van der Waals surface area (Å²) in [5.41, 5.74) is 3.38. The zero-order valence-corrected chi connectivity index (χ0v) is 11.6. The summed E-state index contributed by atoms with van der Waals surface area (Å²) in [5.74, 6) is 1.53. The lowest BCUT2D eigenvalue weighted by Gasteiger charge is -1.99. The number of aromatic nitrogens is 2. The molecule has 4 rings (SSSR count). The Morgan fingerprint density at radius 3 is 2.59 bits per heavy atom. The van der Waals surface area contributed by atoms with E-state index in [-0.39, 0.29) is 0 Å². The van der Waals surface area contributed by atoms with Crippen molar-refractivity contribution in [3.05, 3.63) is 72.6 Å². The number of rotatable bonds is 2. The highest BCUT2D eigenvalue weighted by Crippen LogP contribution is 2.29. The number of nitrogens with zero attached hydrogens (tertiary/aromatic N) is 3. The van der Waals surface area contributed by atoms with Crippen molar-refractivity contribution in [3.8, 4) is 28.8 Å². The van der Waals surface area contributed by atoms with Crippen LogP contribution in [0.1, 0.15) is 5.56 Å². The van der Waals surface area contributed by atoms with Gasteiger partial charge in [-0.15, -0.1) is 0 Å². The first-order valence-corrected chi connectivity index (χ1v) is 6.88. The van der Waals surface area contributed by atoms with Crippen LogP contribution in [0, 0.1) is 11.3 Å². The van der Waals surface area contributed by atoms with Crippen LogP contribution in [0.2, 0.25) is 0 Å². The summed E-state index contributed by atoms with van der Waals surface area (Å²) in [7, 11) is 0. The van der Waals surface area contributed by atoms with Crippen LogP contribution in [0.4, 0.5) is 0 Å². The second-order valence-corrected chi connectivity index (χ2v) is 4.93. The van der Waals surface area contributed by atoms with Crippen molar-refractivity contribution in [2.24, 2.45) is 0 Å². The predicted octanol–water partition coefficient (Wildman–Crippen LogP) is 4.13. The number of hydrogen-bond donors (Lipinski definition) is 0. The summed E-state index contributed by atoms with van der Waals surface area (Å²) in [6.07, 6.45) is 3.76. The molecule has 0 bridgehead atoms. The lowest BCUT2D eigenvalue weighted by Crippen LogP contribution is -1.85. The largest absolute Gasteiger partial charge is 0.454 e. The SMILES string of the molecule is N#Cc1ccc(-c2ccc(-c3cnc4ccccn34)o2)cc1. The monoisotopic (exact) mass is 285 g/mol. The fourth-order valence-electron chi connectivity index (χ4n) is 2.45. The Bertz CT molecular complexity index is 987. The first-order valence-electron chi connectivity index (χ1n) is 6.88. The van der Waals surface area contributed by atoms with E-state index in [1.54, 1.807) is 18.3 Å². The second-order valence-electron chi connectivity index (χ2n) is 4.93. The molecular formula is C18H11N3O. The van der Waals surface area contributed by atoms with Gasteiger partial charge in [0.15, 0.2) is 5.76 Å². The molecule has 0 N–H and O–H groups in total. The van der Waals surface area contributed by atoms with Crippen molar-refractivity contribution in [2.45, 2.75) is 0 Å². The maximum absolute atomic E-state index is 8.85. The number of hydrogen-bond acceptors (Lipinski definition) is 3. The molecule has 0 aliphatic carbocycles. The molecule has 0 fully saturated rings. The summed E-state index contributed by atoms with van der Waals surface area (Å²) < 4.78 is 7.94. The highest BCUT2D eigenvalue weighted by molar-refractivity contribution is 5.65. The van der Waals surface area contributed by atoms with E-state index in [1.165, 1.54) is 0 Å². The van der Waals surface area contributed by atoms with Gasteiger partial charge in [-0.05, 0) is 48.5 Å². The molecule has 0 amide bonds. The second kappa shape index (κ2) is 4.90. The topological polar surface area (TPSA) is 54.2 Å². The van der Waals surface area contributed by atoms with Crippen LogP contribution >= 0.6 is 0 Å². The number of nitriles is 1. The van der Waals surface area contributed by atoms with Gasteiger partial charge in [0.05, 0.1) is 17.8 Å². The molecule has 0 unspecified atom stereocenters. The van der Waals surface area contributed by atoms with E-state index in [9.17, 15) is 0 Å². The zero-order chi connectivity index (χ0) is 14.9. The Morgan fingerprint density at radius 2 is 1.77 bits per heavy atom. The van der Waals surface area contributed by atoms with Crippen molar-refractivity contribution in [3.63, 3.8) is 0 Å². The highest BCUT2D eigenvalue weighted by atomic mass is 16.3. The third kappa shape index (κ3) is 1.97. The summed E-state index contributed by atoms with van der Waals surface area (Å²) in [6, 6.07) is 19.2. The van der Waals surface area contributed by atoms with Crippen LogP contribution in [0.25, 0.3) is 28.4 Å². The Morgan fingerprint density at radius 1 is 0.955 bits per heavy atom. The molecule has 4 heteroatoms.